The smallest absolute Gasteiger partial charge is 0.255 e. The molecule has 1 saturated heterocycles. The lowest BCUT2D eigenvalue weighted by molar-refractivity contribution is -0.119. The van der Waals surface area contributed by atoms with Crippen molar-refractivity contribution in [3.05, 3.63) is 59.7 Å². The van der Waals surface area contributed by atoms with Crippen LogP contribution in [0.25, 0.3) is 0 Å². The summed E-state index contributed by atoms with van der Waals surface area (Å²) >= 11 is 0. The van der Waals surface area contributed by atoms with E-state index in [1.807, 2.05) is 37.3 Å². The minimum atomic E-state index is -0.573. The number of nitrogens with two attached hydrogens (primary N) is 1. The molecule has 2 aromatic rings. The number of amides is 2. The van der Waals surface area contributed by atoms with E-state index in [-0.39, 0.29) is 30.1 Å². The van der Waals surface area contributed by atoms with Crippen LogP contribution >= 0.6 is 12.4 Å². The first-order chi connectivity index (χ1) is 13.1. The van der Waals surface area contributed by atoms with Gasteiger partial charge in [-0.25, -0.2) is 0 Å². The summed E-state index contributed by atoms with van der Waals surface area (Å²) < 4.78 is 5.33. The standard InChI is InChI=1S/C21H25N3O3.ClH/c1-14-17(23-20(25)16-6-3-2-4-7-16)8-5-9-18(14)24-21(26)19(22)15-10-12-27-13-11-15;/h2-9,15,19H,10-13,22H2,1H3,(H,23,25)(H,24,26);1H. The third-order valence-corrected chi connectivity index (χ3v) is 4.95. The minimum absolute atomic E-state index is 0. The molecule has 1 fully saturated rings. The number of hydrogen-bond acceptors (Lipinski definition) is 4. The molecule has 7 heteroatoms. The Hall–Kier alpha value is -2.41. The second-order valence-electron chi connectivity index (χ2n) is 6.76. The van der Waals surface area contributed by atoms with Crippen LogP contribution in [0.15, 0.2) is 48.5 Å². The lowest BCUT2D eigenvalue weighted by Crippen LogP contribution is -2.44. The lowest BCUT2D eigenvalue weighted by atomic mass is 9.92. The van der Waals surface area contributed by atoms with Gasteiger partial charge in [0, 0.05) is 30.2 Å². The fraction of sp³-hybridized carbons (Fsp3) is 0.333. The van der Waals surface area contributed by atoms with Crippen LogP contribution < -0.4 is 16.4 Å². The molecule has 0 saturated carbocycles. The zero-order valence-electron chi connectivity index (χ0n) is 15.8. The van der Waals surface area contributed by atoms with Gasteiger partial charge in [0.1, 0.15) is 0 Å². The Morgan fingerprint density at radius 2 is 1.61 bits per heavy atom. The average molecular weight is 404 g/mol. The number of rotatable bonds is 5. The Bertz CT molecular complexity index is 808. The van der Waals surface area contributed by atoms with Crippen LogP contribution in [0.1, 0.15) is 28.8 Å². The Balaban J connectivity index is 0.00000280. The second-order valence-corrected chi connectivity index (χ2v) is 6.76. The van der Waals surface area contributed by atoms with E-state index in [2.05, 4.69) is 10.6 Å². The van der Waals surface area contributed by atoms with Gasteiger partial charge in [-0.15, -0.1) is 12.4 Å². The summed E-state index contributed by atoms with van der Waals surface area (Å²) in [7, 11) is 0. The van der Waals surface area contributed by atoms with Crippen molar-refractivity contribution in [2.75, 3.05) is 23.8 Å². The quantitative estimate of drug-likeness (QED) is 0.713. The highest BCUT2D eigenvalue weighted by molar-refractivity contribution is 6.05. The van der Waals surface area contributed by atoms with Gasteiger partial charge in [-0.3, -0.25) is 9.59 Å². The van der Waals surface area contributed by atoms with E-state index in [1.54, 1.807) is 18.2 Å². The van der Waals surface area contributed by atoms with Crippen molar-refractivity contribution in [2.45, 2.75) is 25.8 Å². The molecular formula is C21H26ClN3O3. The molecule has 0 bridgehead atoms. The number of nitrogens with one attached hydrogen (secondary N) is 2. The van der Waals surface area contributed by atoms with Crippen molar-refractivity contribution in [1.29, 1.82) is 0 Å². The molecule has 0 aromatic heterocycles. The van der Waals surface area contributed by atoms with Gasteiger partial charge in [0.05, 0.1) is 6.04 Å². The fourth-order valence-corrected chi connectivity index (χ4v) is 3.20. The van der Waals surface area contributed by atoms with Crippen LogP contribution in [0.5, 0.6) is 0 Å². The summed E-state index contributed by atoms with van der Waals surface area (Å²) in [6.45, 7) is 3.15. The highest BCUT2D eigenvalue weighted by atomic mass is 35.5. The minimum Gasteiger partial charge on any atom is -0.381 e. The van der Waals surface area contributed by atoms with Crippen molar-refractivity contribution in [2.24, 2.45) is 11.7 Å². The topological polar surface area (TPSA) is 93.5 Å². The Morgan fingerprint density at radius 1 is 1.00 bits per heavy atom. The predicted octanol–water partition coefficient (Wildman–Crippen LogP) is 3.36. The first-order valence-corrected chi connectivity index (χ1v) is 9.16. The number of hydrogen-bond donors (Lipinski definition) is 3. The number of carbonyl (C=O) groups excluding carboxylic acids is 2. The Kier molecular flexibility index (Phi) is 7.99. The van der Waals surface area contributed by atoms with E-state index in [0.717, 1.165) is 18.4 Å². The van der Waals surface area contributed by atoms with Gasteiger partial charge in [-0.1, -0.05) is 24.3 Å². The monoisotopic (exact) mass is 403 g/mol. The zero-order chi connectivity index (χ0) is 19.2. The lowest BCUT2D eigenvalue weighted by Gasteiger charge is -2.27. The zero-order valence-corrected chi connectivity index (χ0v) is 16.6. The van der Waals surface area contributed by atoms with E-state index in [9.17, 15) is 9.59 Å². The van der Waals surface area contributed by atoms with Gasteiger partial charge in [0.15, 0.2) is 0 Å². The van der Waals surface area contributed by atoms with Gasteiger partial charge in [0.25, 0.3) is 5.91 Å². The van der Waals surface area contributed by atoms with Gasteiger partial charge >= 0.3 is 0 Å². The molecule has 1 unspecified atom stereocenters. The highest BCUT2D eigenvalue weighted by Gasteiger charge is 2.27. The molecule has 2 amide bonds. The molecule has 1 atom stereocenters. The largest absolute Gasteiger partial charge is 0.381 e. The molecular weight excluding hydrogens is 378 g/mol. The van der Waals surface area contributed by atoms with Crippen molar-refractivity contribution in [3.8, 4) is 0 Å². The summed E-state index contributed by atoms with van der Waals surface area (Å²) in [6, 6.07) is 13.8. The number of ether oxygens (including phenoxy) is 1. The third-order valence-electron chi connectivity index (χ3n) is 4.95. The number of halogens is 1. The number of carbonyl (C=O) groups is 2. The van der Waals surface area contributed by atoms with Gasteiger partial charge in [-0.2, -0.15) is 0 Å². The molecule has 3 rings (SSSR count). The van der Waals surface area contributed by atoms with E-state index in [0.29, 0.717) is 30.2 Å². The van der Waals surface area contributed by atoms with Crippen molar-refractivity contribution in [1.82, 2.24) is 0 Å². The molecule has 150 valence electrons. The van der Waals surface area contributed by atoms with E-state index >= 15 is 0 Å². The van der Waals surface area contributed by atoms with Crippen molar-refractivity contribution < 1.29 is 14.3 Å². The molecule has 0 aliphatic carbocycles. The van der Waals surface area contributed by atoms with Crippen molar-refractivity contribution in [3.63, 3.8) is 0 Å². The van der Waals surface area contributed by atoms with Gasteiger partial charge in [-0.05, 0) is 55.5 Å². The Labute approximate surface area is 171 Å². The van der Waals surface area contributed by atoms with Crippen LogP contribution in [0.2, 0.25) is 0 Å². The maximum atomic E-state index is 12.6. The maximum absolute atomic E-state index is 12.6. The van der Waals surface area contributed by atoms with Crippen LogP contribution in [0.4, 0.5) is 11.4 Å². The molecule has 1 aliphatic rings. The first kappa shape index (κ1) is 21.9. The molecule has 2 aromatic carbocycles. The summed E-state index contributed by atoms with van der Waals surface area (Å²) in [5.74, 6) is -0.280. The van der Waals surface area contributed by atoms with Gasteiger partial charge < -0.3 is 21.1 Å². The highest BCUT2D eigenvalue weighted by Crippen LogP contribution is 2.25. The van der Waals surface area contributed by atoms with Crippen LogP contribution in [-0.4, -0.2) is 31.1 Å². The van der Waals surface area contributed by atoms with Crippen molar-refractivity contribution >= 4 is 35.6 Å². The van der Waals surface area contributed by atoms with E-state index in [1.165, 1.54) is 0 Å². The fourth-order valence-electron chi connectivity index (χ4n) is 3.20. The summed E-state index contributed by atoms with van der Waals surface area (Å²) in [6.07, 6.45) is 1.58. The van der Waals surface area contributed by atoms with Gasteiger partial charge in [0.2, 0.25) is 5.91 Å². The molecule has 0 spiro atoms. The average Bonchev–Trinajstić information content (AvgIpc) is 2.71. The number of benzene rings is 2. The number of anilines is 2. The molecule has 1 heterocycles. The molecule has 0 radical (unpaired) electrons. The van der Waals surface area contributed by atoms with E-state index < -0.39 is 6.04 Å². The predicted molar refractivity (Wildman–Crippen MR) is 113 cm³/mol. The van der Waals surface area contributed by atoms with Crippen LogP contribution in [-0.2, 0) is 9.53 Å². The molecule has 6 nitrogen and oxygen atoms in total. The van der Waals surface area contributed by atoms with Crippen LogP contribution in [0, 0.1) is 12.8 Å². The first-order valence-electron chi connectivity index (χ1n) is 9.16. The second kappa shape index (κ2) is 10.2. The maximum Gasteiger partial charge on any atom is 0.255 e. The third kappa shape index (κ3) is 5.32. The summed E-state index contributed by atoms with van der Waals surface area (Å²) in [5, 5.41) is 5.80. The SMILES string of the molecule is Cc1c(NC(=O)c2ccccc2)cccc1NC(=O)C(N)C1CCOCC1.Cl. The molecule has 28 heavy (non-hydrogen) atoms. The van der Waals surface area contributed by atoms with E-state index in [4.69, 9.17) is 10.5 Å². The normalized spacial score (nSPS) is 15.2. The molecule has 4 N–H and O–H groups in total. The van der Waals surface area contributed by atoms with Crippen LogP contribution in [0.3, 0.4) is 0 Å². The Morgan fingerprint density at radius 3 is 2.25 bits per heavy atom. The molecule has 1 aliphatic heterocycles. The summed E-state index contributed by atoms with van der Waals surface area (Å²) in [5.41, 5.74) is 8.81. The summed E-state index contributed by atoms with van der Waals surface area (Å²) in [4.78, 5) is 24.9.